The van der Waals surface area contributed by atoms with Gasteiger partial charge in [-0.05, 0) is 121 Å². The molecule has 0 aromatic heterocycles. The number of rotatable bonds is 5. The third kappa shape index (κ3) is 4.48. The normalized spacial score (nSPS) is 45.3. The molecular formula is C36H59NO4. The summed E-state index contributed by atoms with van der Waals surface area (Å²) in [5, 5.41) is 24.0. The summed E-state index contributed by atoms with van der Waals surface area (Å²) in [4.78, 5) is 26.5. The fourth-order valence-corrected chi connectivity index (χ4v) is 11.7. The van der Waals surface area contributed by atoms with Gasteiger partial charge in [0, 0.05) is 0 Å². The van der Waals surface area contributed by atoms with Crippen LogP contribution in [-0.2, 0) is 9.59 Å². The first-order valence-electron chi connectivity index (χ1n) is 16.8. The Kier molecular flexibility index (Phi) is 7.45. The lowest BCUT2D eigenvalue weighted by Crippen LogP contribution is -2.66. The van der Waals surface area contributed by atoms with Gasteiger partial charge in [0.2, 0.25) is 5.91 Å². The monoisotopic (exact) mass is 569 g/mol. The number of aliphatic hydroxyl groups excluding tert-OH is 1. The molecule has 0 radical (unpaired) electrons. The van der Waals surface area contributed by atoms with E-state index in [1.165, 1.54) is 24.8 Å². The molecule has 5 heteroatoms. The maximum atomic E-state index is 14.3. The minimum Gasteiger partial charge on any atom is -0.480 e. The molecule has 232 valence electrons. The molecule has 5 nitrogen and oxygen atoms in total. The minimum atomic E-state index is -0.927. The van der Waals surface area contributed by atoms with E-state index < -0.39 is 17.4 Å². The van der Waals surface area contributed by atoms with Gasteiger partial charge < -0.3 is 15.5 Å². The molecule has 4 fully saturated rings. The maximum Gasteiger partial charge on any atom is 0.326 e. The molecule has 0 heterocycles. The number of carboxylic acids is 1. The summed E-state index contributed by atoms with van der Waals surface area (Å²) in [7, 11) is 0. The average molecular weight is 570 g/mol. The third-order valence-corrected chi connectivity index (χ3v) is 14.3. The molecule has 4 saturated carbocycles. The van der Waals surface area contributed by atoms with Crippen molar-refractivity contribution in [2.75, 3.05) is 0 Å². The van der Waals surface area contributed by atoms with Gasteiger partial charge in [-0.15, -0.1) is 0 Å². The largest absolute Gasteiger partial charge is 0.480 e. The van der Waals surface area contributed by atoms with Gasteiger partial charge in [0.1, 0.15) is 6.04 Å². The zero-order chi connectivity index (χ0) is 30.4. The Morgan fingerprint density at radius 1 is 0.854 bits per heavy atom. The second kappa shape index (κ2) is 9.83. The van der Waals surface area contributed by atoms with Gasteiger partial charge in [-0.25, -0.2) is 4.79 Å². The van der Waals surface area contributed by atoms with Crippen LogP contribution < -0.4 is 5.32 Å². The van der Waals surface area contributed by atoms with Crippen LogP contribution >= 0.6 is 0 Å². The third-order valence-electron chi connectivity index (χ3n) is 14.3. The highest BCUT2D eigenvalue weighted by molar-refractivity contribution is 5.90. The highest BCUT2D eigenvalue weighted by atomic mass is 16.4. The number of aliphatic carboxylic acids is 1. The van der Waals surface area contributed by atoms with E-state index in [2.05, 4.69) is 59.9 Å². The lowest BCUT2D eigenvalue weighted by molar-refractivity contribution is -0.229. The number of carboxylic acid groups (broad SMARTS) is 1. The zero-order valence-corrected chi connectivity index (χ0v) is 27.5. The molecule has 0 spiro atoms. The van der Waals surface area contributed by atoms with Crippen molar-refractivity contribution < 1.29 is 19.8 Å². The molecule has 0 saturated heterocycles. The summed E-state index contributed by atoms with van der Waals surface area (Å²) in [5.74, 6) is 0.722. The van der Waals surface area contributed by atoms with E-state index in [1.807, 2.05) is 13.8 Å². The van der Waals surface area contributed by atoms with Gasteiger partial charge in [-0.2, -0.15) is 0 Å². The Balaban J connectivity index is 1.52. The van der Waals surface area contributed by atoms with Crippen molar-refractivity contribution in [1.82, 2.24) is 5.32 Å². The topological polar surface area (TPSA) is 86.6 Å². The summed E-state index contributed by atoms with van der Waals surface area (Å²) < 4.78 is 0. The van der Waals surface area contributed by atoms with Crippen molar-refractivity contribution in [2.45, 2.75) is 145 Å². The first kappa shape index (κ1) is 31.1. The molecule has 5 aliphatic rings. The lowest BCUT2D eigenvalue weighted by atomic mass is 9.32. The highest BCUT2D eigenvalue weighted by Crippen LogP contribution is 2.76. The Labute approximate surface area is 249 Å². The van der Waals surface area contributed by atoms with Crippen LogP contribution in [0.2, 0.25) is 0 Å². The number of hydrogen-bond acceptors (Lipinski definition) is 3. The number of aliphatic hydroxyl groups is 1. The lowest BCUT2D eigenvalue weighted by Gasteiger charge is -2.72. The second-order valence-corrected chi connectivity index (χ2v) is 17.7. The Hall–Kier alpha value is -1.36. The number of hydrogen-bond donors (Lipinski definition) is 3. The average Bonchev–Trinajstić information content (AvgIpc) is 2.86. The molecule has 3 N–H and O–H groups in total. The quantitative estimate of drug-likeness (QED) is 0.295. The van der Waals surface area contributed by atoms with E-state index in [0.29, 0.717) is 24.2 Å². The first-order valence-corrected chi connectivity index (χ1v) is 16.8. The predicted molar refractivity (Wildman–Crippen MR) is 164 cm³/mol. The summed E-state index contributed by atoms with van der Waals surface area (Å²) in [5.41, 5.74) is 1.21. The number of carbonyl (C=O) groups excluding carboxylic acids is 1. The van der Waals surface area contributed by atoms with Crippen LogP contribution in [0.25, 0.3) is 0 Å². The van der Waals surface area contributed by atoms with Crippen molar-refractivity contribution in [2.24, 2.45) is 56.2 Å². The van der Waals surface area contributed by atoms with Gasteiger partial charge in [0.15, 0.2) is 0 Å². The standard InChI is InChI=1S/C36H59NO4/c1-22(2)20-25(29(39)40)37-30(41)36-18-16-31(3,4)21-24(36)23-10-11-27-33(7)14-13-28(38)32(5,6)26(33)12-15-35(27,9)34(23,8)17-19-36/h21-23,25-28,38H,10-20H2,1-9H3,(H,37,41)(H,39,40)/t23-,25+,26+,27-,28+,33+,34-,35-,36+/m1/s1. The Bertz CT molecular complexity index is 1110. The van der Waals surface area contributed by atoms with Crippen LogP contribution in [0.1, 0.15) is 133 Å². The molecule has 0 aromatic carbocycles. The van der Waals surface area contributed by atoms with E-state index >= 15 is 0 Å². The SMILES string of the molecule is CC(C)C[C@H](NC(=O)[C@]12CCC(C)(C)C=C1[C@H]1CC[C@@H]3[C@@]4(C)CC[C@H](O)C(C)(C)[C@@H]4CC[C@@]3(C)[C@]1(C)CC2)C(=O)O. The van der Waals surface area contributed by atoms with Crippen LogP contribution in [0, 0.1) is 56.2 Å². The van der Waals surface area contributed by atoms with E-state index in [1.54, 1.807) is 0 Å². The van der Waals surface area contributed by atoms with E-state index in [-0.39, 0.29) is 45.0 Å². The zero-order valence-electron chi connectivity index (χ0n) is 27.5. The molecule has 5 aliphatic carbocycles. The summed E-state index contributed by atoms with van der Waals surface area (Å²) in [6.07, 6.45) is 12.9. The fraction of sp³-hybridized carbons (Fsp3) is 0.889. The molecule has 5 rings (SSSR count). The fourth-order valence-electron chi connectivity index (χ4n) is 11.7. The van der Waals surface area contributed by atoms with Crippen LogP contribution in [0.4, 0.5) is 0 Å². The molecule has 0 unspecified atom stereocenters. The molecule has 0 aromatic rings. The van der Waals surface area contributed by atoms with Gasteiger partial charge >= 0.3 is 5.97 Å². The summed E-state index contributed by atoms with van der Waals surface area (Å²) in [6.45, 7) is 21.0. The molecular weight excluding hydrogens is 510 g/mol. The number of fused-ring (bicyclic) bond motifs is 7. The van der Waals surface area contributed by atoms with Crippen molar-refractivity contribution in [3.05, 3.63) is 11.6 Å². The number of carbonyl (C=O) groups is 2. The number of allylic oxidation sites excluding steroid dienone is 1. The predicted octanol–water partition coefficient (Wildman–Crippen LogP) is 7.76. The minimum absolute atomic E-state index is 0.0341. The Morgan fingerprint density at radius 2 is 1.51 bits per heavy atom. The van der Waals surface area contributed by atoms with Crippen molar-refractivity contribution >= 4 is 11.9 Å². The molecule has 9 atom stereocenters. The number of amides is 1. The van der Waals surface area contributed by atoms with Crippen molar-refractivity contribution in [1.29, 1.82) is 0 Å². The van der Waals surface area contributed by atoms with Gasteiger partial charge in [-0.3, -0.25) is 4.79 Å². The Morgan fingerprint density at radius 3 is 2.15 bits per heavy atom. The maximum absolute atomic E-state index is 14.3. The second-order valence-electron chi connectivity index (χ2n) is 17.7. The van der Waals surface area contributed by atoms with E-state index in [0.717, 1.165) is 44.9 Å². The molecule has 0 aliphatic heterocycles. The van der Waals surface area contributed by atoms with E-state index in [4.69, 9.17) is 0 Å². The van der Waals surface area contributed by atoms with Gasteiger partial charge in [0.25, 0.3) is 0 Å². The van der Waals surface area contributed by atoms with Crippen molar-refractivity contribution in [3.8, 4) is 0 Å². The van der Waals surface area contributed by atoms with Gasteiger partial charge in [0.05, 0.1) is 11.5 Å². The summed E-state index contributed by atoms with van der Waals surface area (Å²) in [6, 6.07) is -0.838. The van der Waals surface area contributed by atoms with E-state index in [9.17, 15) is 19.8 Å². The summed E-state index contributed by atoms with van der Waals surface area (Å²) >= 11 is 0. The van der Waals surface area contributed by atoms with Crippen LogP contribution in [0.3, 0.4) is 0 Å². The van der Waals surface area contributed by atoms with Crippen LogP contribution in [0.15, 0.2) is 11.6 Å². The smallest absolute Gasteiger partial charge is 0.326 e. The molecule has 1 amide bonds. The molecule has 41 heavy (non-hydrogen) atoms. The highest BCUT2D eigenvalue weighted by Gasteiger charge is 2.69. The van der Waals surface area contributed by atoms with Crippen LogP contribution in [-0.4, -0.2) is 34.2 Å². The molecule has 0 bridgehead atoms. The first-order chi connectivity index (χ1) is 18.8. The van der Waals surface area contributed by atoms with Crippen molar-refractivity contribution in [3.63, 3.8) is 0 Å². The van der Waals surface area contributed by atoms with Gasteiger partial charge in [-0.1, -0.05) is 74.0 Å². The number of nitrogens with one attached hydrogen (secondary N) is 1. The van der Waals surface area contributed by atoms with Crippen LogP contribution in [0.5, 0.6) is 0 Å².